The molecule has 1 fully saturated rings. The van der Waals surface area contributed by atoms with E-state index in [1.807, 2.05) is 0 Å². The number of aryl methyl sites for hydroxylation is 1. The Bertz CT molecular complexity index is 539. The number of carbonyl (C=O) groups is 2. The molecule has 21 heavy (non-hydrogen) atoms. The highest BCUT2D eigenvalue weighted by atomic mass is 32.1. The minimum absolute atomic E-state index is 0.0868. The van der Waals surface area contributed by atoms with Crippen LogP contribution in [0.25, 0.3) is 0 Å². The van der Waals surface area contributed by atoms with Crippen molar-refractivity contribution in [3.63, 3.8) is 0 Å². The van der Waals surface area contributed by atoms with Gasteiger partial charge < -0.3 is 16.0 Å². The molecule has 0 aliphatic carbocycles. The van der Waals surface area contributed by atoms with Gasteiger partial charge in [-0.2, -0.15) is 0 Å². The van der Waals surface area contributed by atoms with Crippen LogP contribution in [0.4, 0.5) is 4.79 Å². The molecule has 1 aromatic heterocycles. The molecule has 0 aromatic carbocycles. The van der Waals surface area contributed by atoms with Crippen LogP contribution in [0.1, 0.15) is 9.75 Å². The maximum atomic E-state index is 11.4. The smallest absolute Gasteiger partial charge is 0.324 e. The number of hydrogen-bond acceptors (Lipinski definition) is 4. The number of nitrogens with one attached hydrogen (secondary N) is 3. The zero-order chi connectivity index (χ0) is 15.2. The molecule has 1 aliphatic heterocycles. The normalized spacial score (nSPS) is 15.3. The lowest BCUT2D eigenvalue weighted by Crippen LogP contribution is -2.42. The van der Waals surface area contributed by atoms with E-state index in [1.165, 1.54) is 14.7 Å². The Morgan fingerprint density at radius 2 is 2.24 bits per heavy atom. The van der Waals surface area contributed by atoms with Crippen molar-refractivity contribution >= 4 is 29.2 Å². The Kier molecular flexibility index (Phi) is 5.15. The largest absolute Gasteiger partial charge is 0.355 e. The summed E-state index contributed by atoms with van der Waals surface area (Å²) in [6.07, 6.45) is 0. The number of thiophene rings is 1. The Balaban J connectivity index is 1.73. The van der Waals surface area contributed by atoms with Crippen molar-refractivity contribution in [1.82, 2.24) is 20.9 Å². The van der Waals surface area contributed by atoms with Gasteiger partial charge in [-0.1, -0.05) is 0 Å². The number of carbonyl (C=O) groups excluding carboxylic acids is 2. The molecule has 7 nitrogen and oxygen atoms in total. The van der Waals surface area contributed by atoms with Crippen molar-refractivity contribution in [3.05, 3.63) is 21.9 Å². The van der Waals surface area contributed by atoms with Gasteiger partial charge in [0.25, 0.3) is 0 Å². The number of aliphatic imine (C=N–C) groups is 1. The SMILES string of the molecule is CN=C(NCCN1C(=O)CNC1=O)NCc1ccc(C)s1. The first kappa shape index (κ1) is 15.3. The zero-order valence-corrected chi connectivity index (χ0v) is 12.9. The van der Waals surface area contributed by atoms with Crippen LogP contribution in [0.3, 0.4) is 0 Å². The Labute approximate surface area is 127 Å². The predicted octanol–water partition coefficient (Wildman–Crippen LogP) is 0.273. The standard InChI is InChI=1S/C13H19N5O2S/c1-9-3-4-10(21-9)7-16-12(14-2)15-5-6-18-11(19)8-17-13(18)20/h3-4H,5-8H2,1-2H3,(H,17,20)(H2,14,15,16). The molecule has 2 rings (SSSR count). The number of imide groups is 1. The third-order valence-corrected chi connectivity index (χ3v) is 4.02. The molecule has 0 bridgehead atoms. The van der Waals surface area contributed by atoms with Crippen LogP contribution in [0, 0.1) is 6.92 Å². The van der Waals surface area contributed by atoms with Crippen molar-refractivity contribution in [1.29, 1.82) is 0 Å². The first-order valence-electron chi connectivity index (χ1n) is 6.68. The number of urea groups is 1. The number of nitrogens with zero attached hydrogens (tertiary/aromatic N) is 2. The second-order valence-corrected chi connectivity index (χ2v) is 5.94. The lowest BCUT2D eigenvalue weighted by atomic mass is 10.4. The highest BCUT2D eigenvalue weighted by Gasteiger charge is 2.27. The van der Waals surface area contributed by atoms with E-state index in [0.29, 0.717) is 25.6 Å². The minimum atomic E-state index is -0.334. The van der Waals surface area contributed by atoms with Crippen LogP contribution in [0.15, 0.2) is 17.1 Å². The molecule has 0 spiro atoms. The van der Waals surface area contributed by atoms with Crippen LogP contribution in [0.5, 0.6) is 0 Å². The van der Waals surface area contributed by atoms with Gasteiger partial charge in [0.1, 0.15) is 0 Å². The van der Waals surface area contributed by atoms with Crippen molar-refractivity contribution < 1.29 is 9.59 Å². The van der Waals surface area contributed by atoms with Gasteiger partial charge in [0, 0.05) is 29.9 Å². The fourth-order valence-electron chi connectivity index (χ4n) is 1.94. The highest BCUT2D eigenvalue weighted by Crippen LogP contribution is 2.14. The van der Waals surface area contributed by atoms with Gasteiger partial charge in [0.15, 0.2) is 5.96 Å². The third-order valence-electron chi connectivity index (χ3n) is 3.01. The van der Waals surface area contributed by atoms with Crippen molar-refractivity contribution in [3.8, 4) is 0 Å². The molecule has 3 N–H and O–H groups in total. The molecule has 2 heterocycles. The van der Waals surface area contributed by atoms with Gasteiger partial charge in [-0.15, -0.1) is 11.3 Å². The van der Waals surface area contributed by atoms with Gasteiger partial charge in [-0.05, 0) is 19.1 Å². The summed E-state index contributed by atoms with van der Waals surface area (Å²) in [6.45, 7) is 3.63. The summed E-state index contributed by atoms with van der Waals surface area (Å²) < 4.78 is 0. The van der Waals surface area contributed by atoms with E-state index in [0.717, 1.165) is 0 Å². The van der Waals surface area contributed by atoms with Gasteiger partial charge in [-0.25, -0.2) is 4.79 Å². The molecule has 0 atom stereocenters. The van der Waals surface area contributed by atoms with E-state index in [1.54, 1.807) is 18.4 Å². The summed E-state index contributed by atoms with van der Waals surface area (Å²) in [5, 5.41) is 8.76. The van der Waals surface area contributed by atoms with Gasteiger partial charge in [0.2, 0.25) is 5.91 Å². The maximum absolute atomic E-state index is 11.4. The first-order chi connectivity index (χ1) is 10.1. The molecule has 1 aromatic rings. The topological polar surface area (TPSA) is 85.8 Å². The first-order valence-corrected chi connectivity index (χ1v) is 7.50. The Morgan fingerprint density at radius 1 is 1.43 bits per heavy atom. The summed E-state index contributed by atoms with van der Waals surface area (Å²) in [4.78, 5) is 30.6. The lowest BCUT2D eigenvalue weighted by molar-refractivity contribution is -0.124. The molecule has 0 radical (unpaired) electrons. The average molecular weight is 309 g/mol. The van der Waals surface area contributed by atoms with Crippen LogP contribution >= 0.6 is 11.3 Å². The van der Waals surface area contributed by atoms with E-state index in [9.17, 15) is 9.59 Å². The lowest BCUT2D eigenvalue weighted by Gasteiger charge is -2.15. The molecular weight excluding hydrogens is 290 g/mol. The molecule has 1 aliphatic rings. The van der Waals surface area contributed by atoms with E-state index < -0.39 is 0 Å². The average Bonchev–Trinajstić information content (AvgIpc) is 3.02. The van der Waals surface area contributed by atoms with Crippen LogP contribution in [0.2, 0.25) is 0 Å². The van der Waals surface area contributed by atoms with E-state index in [4.69, 9.17) is 0 Å². The quantitative estimate of drug-likeness (QED) is 0.414. The highest BCUT2D eigenvalue weighted by molar-refractivity contribution is 7.11. The van der Waals surface area contributed by atoms with Crippen LogP contribution in [-0.4, -0.2) is 49.5 Å². The van der Waals surface area contributed by atoms with Crippen molar-refractivity contribution in [2.45, 2.75) is 13.5 Å². The van der Waals surface area contributed by atoms with E-state index >= 15 is 0 Å². The molecule has 0 unspecified atom stereocenters. The number of rotatable bonds is 5. The van der Waals surface area contributed by atoms with Gasteiger partial charge in [0.05, 0.1) is 13.1 Å². The Hall–Kier alpha value is -2.09. The minimum Gasteiger partial charge on any atom is -0.355 e. The summed E-state index contributed by atoms with van der Waals surface area (Å²) in [6, 6.07) is 3.82. The second kappa shape index (κ2) is 7.07. The monoisotopic (exact) mass is 309 g/mol. The number of amides is 3. The van der Waals surface area contributed by atoms with E-state index in [2.05, 4.69) is 40.0 Å². The van der Waals surface area contributed by atoms with Gasteiger partial charge >= 0.3 is 6.03 Å². The molecule has 3 amide bonds. The fraction of sp³-hybridized carbons (Fsp3) is 0.462. The zero-order valence-electron chi connectivity index (χ0n) is 12.1. The summed E-state index contributed by atoms with van der Waals surface area (Å²) in [7, 11) is 1.68. The second-order valence-electron chi connectivity index (χ2n) is 4.57. The molecule has 114 valence electrons. The molecular formula is C13H19N5O2S. The van der Waals surface area contributed by atoms with Crippen molar-refractivity contribution in [2.24, 2.45) is 4.99 Å². The summed E-state index contributed by atoms with van der Waals surface area (Å²) in [5.74, 6) is 0.451. The van der Waals surface area contributed by atoms with Crippen molar-refractivity contribution in [2.75, 3.05) is 26.7 Å². The summed E-state index contributed by atoms with van der Waals surface area (Å²) >= 11 is 1.73. The Morgan fingerprint density at radius 3 is 2.81 bits per heavy atom. The molecule has 1 saturated heterocycles. The number of hydrogen-bond donors (Lipinski definition) is 3. The van der Waals surface area contributed by atoms with Crippen LogP contribution < -0.4 is 16.0 Å². The summed E-state index contributed by atoms with van der Waals surface area (Å²) in [5.41, 5.74) is 0. The van der Waals surface area contributed by atoms with Gasteiger partial charge in [-0.3, -0.25) is 14.7 Å². The fourth-order valence-corrected chi connectivity index (χ4v) is 2.77. The maximum Gasteiger partial charge on any atom is 0.324 e. The molecule has 8 heteroatoms. The van der Waals surface area contributed by atoms with E-state index in [-0.39, 0.29) is 18.5 Å². The predicted molar refractivity (Wildman–Crippen MR) is 82.4 cm³/mol. The number of guanidine groups is 1. The third kappa shape index (κ3) is 4.19. The van der Waals surface area contributed by atoms with Crippen LogP contribution in [-0.2, 0) is 11.3 Å². The molecule has 0 saturated carbocycles.